The number of likely N-dealkylation sites (N-methyl/N-ethyl adjacent to an activating group) is 1. The van der Waals surface area contributed by atoms with Crippen molar-refractivity contribution in [2.75, 3.05) is 27.2 Å². The van der Waals surface area contributed by atoms with Gasteiger partial charge >= 0.3 is 0 Å². The zero-order chi connectivity index (χ0) is 21.8. The standard InChI is InChI=1S/C26H25NO3S/c1-27-15-13-22-18-25(30-2)26(19-23(22)14-16-27)31(28,29)24-10-6-9-21(17-24)12-11-20-7-4-3-5-8-20/h3-10,17-19H,13-16H2,1-2H3. The maximum atomic E-state index is 13.5. The highest BCUT2D eigenvalue weighted by Gasteiger charge is 2.25. The number of benzene rings is 3. The highest BCUT2D eigenvalue weighted by Crippen LogP contribution is 2.33. The first-order valence-corrected chi connectivity index (χ1v) is 11.8. The smallest absolute Gasteiger partial charge is 0.210 e. The van der Waals surface area contributed by atoms with Crippen LogP contribution in [0.4, 0.5) is 0 Å². The molecular formula is C26H25NO3S. The van der Waals surface area contributed by atoms with E-state index in [1.54, 1.807) is 24.3 Å². The Morgan fingerprint density at radius 2 is 1.48 bits per heavy atom. The zero-order valence-corrected chi connectivity index (χ0v) is 18.6. The lowest BCUT2D eigenvalue weighted by Gasteiger charge is -2.14. The van der Waals surface area contributed by atoms with Gasteiger partial charge in [-0.1, -0.05) is 36.1 Å². The third kappa shape index (κ3) is 4.66. The summed E-state index contributed by atoms with van der Waals surface area (Å²) >= 11 is 0. The molecule has 1 aliphatic rings. The van der Waals surface area contributed by atoms with Gasteiger partial charge in [0.2, 0.25) is 9.84 Å². The van der Waals surface area contributed by atoms with Crippen LogP contribution in [0.1, 0.15) is 22.3 Å². The number of methoxy groups -OCH3 is 1. The second-order valence-corrected chi connectivity index (χ2v) is 9.64. The monoisotopic (exact) mass is 431 g/mol. The minimum Gasteiger partial charge on any atom is -0.495 e. The van der Waals surface area contributed by atoms with Gasteiger partial charge in [0.25, 0.3) is 0 Å². The molecule has 158 valence electrons. The number of fused-ring (bicyclic) bond motifs is 1. The molecule has 0 radical (unpaired) electrons. The van der Waals surface area contributed by atoms with Crippen LogP contribution >= 0.6 is 0 Å². The number of hydrogen-bond acceptors (Lipinski definition) is 4. The summed E-state index contributed by atoms with van der Waals surface area (Å²) in [5, 5.41) is 0. The van der Waals surface area contributed by atoms with Crippen molar-refractivity contribution in [1.29, 1.82) is 0 Å². The summed E-state index contributed by atoms with van der Waals surface area (Å²) in [5.74, 6) is 6.54. The fourth-order valence-electron chi connectivity index (χ4n) is 3.75. The third-order valence-electron chi connectivity index (χ3n) is 5.57. The summed E-state index contributed by atoms with van der Waals surface area (Å²) in [6.07, 6.45) is 1.70. The molecule has 0 aliphatic carbocycles. The third-order valence-corrected chi connectivity index (χ3v) is 7.34. The quantitative estimate of drug-likeness (QED) is 0.589. The summed E-state index contributed by atoms with van der Waals surface area (Å²) < 4.78 is 32.6. The molecule has 3 aromatic rings. The van der Waals surface area contributed by atoms with Gasteiger partial charge in [0.1, 0.15) is 10.6 Å². The van der Waals surface area contributed by atoms with E-state index < -0.39 is 9.84 Å². The summed E-state index contributed by atoms with van der Waals surface area (Å²) in [6, 6.07) is 20.1. The van der Waals surface area contributed by atoms with Crippen molar-refractivity contribution in [2.45, 2.75) is 22.6 Å². The normalized spacial score (nSPS) is 14.1. The van der Waals surface area contributed by atoms with Gasteiger partial charge in [0.15, 0.2) is 0 Å². The molecule has 0 N–H and O–H groups in total. The Balaban J connectivity index is 1.73. The summed E-state index contributed by atoms with van der Waals surface area (Å²) in [5.41, 5.74) is 3.76. The van der Waals surface area contributed by atoms with Crippen molar-refractivity contribution in [1.82, 2.24) is 4.90 Å². The van der Waals surface area contributed by atoms with Crippen molar-refractivity contribution in [3.05, 3.63) is 89.0 Å². The summed E-state index contributed by atoms with van der Waals surface area (Å²) in [4.78, 5) is 2.69. The summed E-state index contributed by atoms with van der Waals surface area (Å²) in [7, 11) is -0.147. The first-order chi connectivity index (χ1) is 15.0. The average molecular weight is 432 g/mol. The van der Waals surface area contributed by atoms with E-state index in [4.69, 9.17) is 4.74 Å². The van der Waals surface area contributed by atoms with Gasteiger partial charge in [0, 0.05) is 24.2 Å². The van der Waals surface area contributed by atoms with Crippen LogP contribution in [0.2, 0.25) is 0 Å². The molecule has 0 aromatic heterocycles. The molecule has 0 unspecified atom stereocenters. The number of ether oxygens (including phenoxy) is 1. The number of nitrogens with zero attached hydrogens (tertiary/aromatic N) is 1. The number of rotatable bonds is 3. The SMILES string of the molecule is COc1cc2c(cc1S(=O)(=O)c1cccc(C#Cc3ccccc3)c1)CCN(C)CC2. The van der Waals surface area contributed by atoms with E-state index in [9.17, 15) is 8.42 Å². The van der Waals surface area contributed by atoms with Crippen LogP contribution in [0, 0.1) is 11.8 Å². The Labute approximate surface area is 184 Å². The largest absolute Gasteiger partial charge is 0.495 e. The van der Waals surface area contributed by atoms with E-state index in [0.29, 0.717) is 11.3 Å². The van der Waals surface area contributed by atoms with Crippen molar-refractivity contribution in [3.8, 4) is 17.6 Å². The molecule has 0 amide bonds. The molecule has 0 atom stereocenters. The molecule has 0 bridgehead atoms. The van der Waals surface area contributed by atoms with Gasteiger partial charge < -0.3 is 9.64 Å². The molecule has 31 heavy (non-hydrogen) atoms. The van der Waals surface area contributed by atoms with Crippen LogP contribution in [0.3, 0.4) is 0 Å². The van der Waals surface area contributed by atoms with Gasteiger partial charge in [-0.05, 0) is 73.5 Å². The molecule has 1 heterocycles. The van der Waals surface area contributed by atoms with Gasteiger partial charge in [-0.25, -0.2) is 8.42 Å². The number of sulfone groups is 1. The lowest BCUT2D eigenvalue weighted by atomic mass is 10.0. The van der Waals surface area contributed by atoms with Crippen molar-refractivity contribution < 1.29 is 13.2 Å². The highest BCUT2D eigenvalue weighted by atomic mass is 32.2. The molecule has 4 nitrogen and oxygen atoms in total. The Morgan fingerprint density at radius 3 is 2.19 bits per heavy atom. The Bertz CT molecular complexity index is 1250. The van der Waals surface area contributed by atoms with E-state index in [1.165, 1.54) is 7.11 Å². The molecule has 4 rings (SSSR count). The minimum atomic E-state index is -3.75. The number of hydrogen-bond donors (Lipinski definition) is 0. The van der Waals surface area contributed by atoms with Crippen LogP contribution in [-0.4, -0.2) is 40.6 Å². The van der Waals surface area contributed by atoms with Crippen molar-refractivity contribution in [2.24, 2.45) is 0 Å². The van der Waals surface area contributed by atoms with Gasteiger partial charge in [-0.15, -0.1) is 0 Å². The molecule has 0 spiro atoms. The molecule has 0 saturated heterocycles. The highest BCUT2D eigenvalue weighted by molar-refractivity contribution is 7.91. The van der Waals surface area contributed by atoms with Crippen molar-refractivity contribution in [3.63, 3.8) is 0 Å². The predicted octanol–water partition coefficient (Wildman–Crippen LogP) is 3.96. The minimum absolute atomic E-state index is 0.214. The van der Waals surface area contributed by atoms with Crippen LogP contribution in [0.15, 0.2) is 76.5 Å². The molecule has 0 fully saturated rings. The first-order valence-electron chi connectivity index (χ1n) is 10.3. The molecule has 5 heteroatoms. The van der Waals surface area contributed by atoms with E-state index in [0.717, 1.165) is 42.6 Å². The van der Waals surface area contributed by atoms with E-state index >= 15 is 0 Å². The average Bonchev–Trinajstić information content (AvgIpc) is 2.98. The Kier molecular flexibility index (Phi) is 6.13. The van der Waals surface area contributed by atoms with E-state index in [1.807, 2.05) is 42.5 Å². The molecular weight excluding hydrogens is 406 g/mol. The van der Waals surface area contributed by atoms with Crippen LogP contribution < -0.4 is 4.74 Å². The molecule has 1 aliphatic heterocycles. The zero-order valence-electron chi connectivity index (χ0n) is 17.8. The maximum Gasteiger partial charge on any atom is 0.210 e. The van der Waals surface area contributed by atoms with Gasteiger partial charge in [-0.2, -0.15) is 0 Å². The maximum absolute atomic E-state index is 13.5. The van der Waals surface area contributed by atoms with E-state index in [-0.39, 0.29) is 9.79 Å². The second kappa shape index (κ2) is 8.97. The first kappa shape index (κ1) is 21.2. The lowest BCUT2D eigenvalue weighted by Crippen LogP contribution is -2.20. The van der Waals surface area contributed by atoms with Crippen LogP contribution in [0.25, 0.3) is 0 Å². The van der Waals surface area contributed by atoms with Crippen molar-refractivity contribution >= 4 is 9.84 Å². The van der Waals surface area contributed by atoms with Gasteiger partial charge in [0.05, 0.1) is 12.0 Å². The van der Waals surface area contributed by atoms with Gasteiger partial charge in [-0.3, -0.25) is 0 Å². The topological polar surface area (TPSA) is 46.6 Å². The molecule has 0 saturated carbocycles. The Morgan fingerprint density at radius 1 is 0.839 bits per heavy atom. The van der Waals surface area contributed by atoms with E-state index in [2.05, 4.69) is 23.8 Å². The predicted molar refractivity (Wildman–Crippen MR) is 122 cm³/mol. The van der Waals surface area contributed by atoms with Crippen LogP contribution in [0.5, 0.6) is 5.75 Å². The Hall–Kier alpha value is -3.07. The molecule has 3 aromatic carbocycles. The summed E-state index contributed by atoms with van der Waals surface area (Å²) in [6.45, 7) is 1.85. The lowest BCUT2D eigenvalue weighted by molar-refractivity contribution is 0.352. The fourth-order valence-corrected chi connectivity index (χ4v) is 5.25. The fraction of sp³-hybridized carbons (Fsp3) is 0.231. The van der Waals surface area contributed by atoms with Crippen LogP contribution in [-0.2, 0) is 22.7 Å². The second-order valence-electron chi connectivity index (χ2n) is 7.72.